The van der Waals surface area contributed by atoms with E-state index >= 15 is 4.39 Å². The van der Waals surface area contributed by atoms with Crippen LogP contribution in [0, 0.1) is 28.9 Å². The number of benzene rings is 3. The Balaban J connectivity index is 1.44. The van der Waals surface area contributed by atoms with Crippen LogP contribution in [0.1, 0.15) is 49.9 Å². The maximum absolute atomic E-state index is 17.5. The van der Waals surface area contributed by atoms with Gasteiger partial charge in [-0.15, -0.1) is 0 Å². The third kappa shape index (κ3) is 5.40. The number of carbonyl (C=O) groups is 1. The Labute approximate surface area is 284 Å². The Morgan fingerprint density at radius 2 is 2.00 bits per heavy atom. The summed E-state index contributed by atoms with van der Waals surface area (Å²) in [6, 6.07) is 16.8. The number of hydrogen-bond acceptors (Lipinski definition) is 6. The topological polar surface area (TPSA) is 86.4 Å². The molecule has 0 radical (unpaired) electrons. The molecule has 2 bridgehead atoms. The van der Waals surface area contributed by atoms with Crippen molar-refractivity contribution in [2.75, 3.05) is 33.7 Å². The number of fused-ring (bicyclic) bond motifs is 5. The molecule has 4 aliphatic rings. The normalized spacial score (nSPS) is 20.9. The summed E-state index contributed by atoms with van der Waals surface area (Å²) in [6.07, 6.45) is 2.72. The average molecular weight is 663 g/mol. The van der Waals surface area contributed by atoms with Gasteiger partial charge in [0, 0.05) is 55.2 Å². The number of nitrogens with one attached hydrogen (secondary N) is 1. The van der Waals surface area contributed by atoms with Crippen LogP contribution in [0.2, 0.25) is 0 Å². The molecule has 4 fully saturated rings. The van der Waals surface area contributed by atoms with Crippen LogP contribution < -0.4 is 10.1 Å². The van der Waals surface area contributed by atoms with Crippen LogP contribution in [0.3, 0.4) is 0 Å². The van der Waals surface area contributed by atoms with Gasteiger partial charge in [-0.25, -0.2) is 13.8 Å². The molecule has 1 amide bonds. The Morgan fingerprint density at radius 3 is 2.71 bits per heavy atom. The van der Waals surface area contributed by atoms with Gasteiger partial charge in [0.15, 0.2) is 5.82 Å². The zero-order valence-corrected chi connectivity index (χ0v) is 28.1. The molecule has 9 rings (SSSR count). The van der Waals surface area contributed by atoms with E-state index in [1.54, 1.807) is 6.07 Å². The number of pyridine rings is 1. The van der Waals surface area contributed by atoms with E-state index in [0.717, 1.165) is 41.4 Å². The quantitative estimate of drug-likeness (QED) is 0.179. The van der Waals surface area contributed by atoms with Crippen LogP contribution in [-0.4, -0.2) is 71.1 Å². The highest BCUT2D eigenvalue weighted by atomic mass is 19.1. The highest BCUT2D eigenvalue weighted by molar-refractivity contribution is 6.10. The molecule has 8 nitrogen and oxygen atoms in total. The molecular formula is C39H40F2N6O2. The fraction of sp³-hybridized carbons (Fsp3) is 0.410. The second-order valence-corrected chi connectivity index (χ2v) is 14.2. The lowest BCUT2D eigenvalue weighted by molar-refractivity contribution is -0.128. The first kappa shape index (κ1) is 31.7. The van der Waals surface area contributed by atoms with Gasteiger partial charge in [-0.1, -0.05) is 24.3 Å². The second-order valence-electron chi connectivity index (χ2n) is 14.2. The lowest BCUT2D eigenvalue weighted by Crippen LogP contribution is -2.40. The van der Waals surface area contributed by atoms with Gasteiger partial charge in [-0.2, -0.15) is 5.26 Å². The molecule has 5 heterocycles. The largest absolute Gasteiger partial charge is 0.473 e. The first-order valence-corrected chi connectivity index (χ1v) is 17.3. The monoisotopic (exact) mass is 662 g/mol. The smallest absolute Gasteiger partial charge is 0.223 e. The number of rotatable bonds is 10. The van der Waals surface area contributed by atoms with E-state index in [2.05, 4.69) is 22.0 Å². The summed E-state index contributed by atoms with van der Waals surface area (Å²) in [6.45, 7) is 4.69. The van der Waals surface area contributed by atoms with Crippen molar-refractivity contribution in [1.29, 1.82) is 5.26 Å². The zero-order chi connectivity index (χ0) is 34.0. The van der Waals surface area contributed by atoms with Gasteiger partial charge in [0.2, 0.25) is 11.8 Å². The molecule has 3 aliphatic heterocycles. The molecule has 3 aromatic carbocycles. The molecule has 2 aromatic heterocycles. The first-order chi connectivity index (χ1) is 23.7. The number of aryl methyl sites for hydroxylation is 1. The summed E-state index contributed by atoms with van der Waals surface area (Å²) in [5, 5.41) is 16.1. The maximum Gasteiger partial charge on any atom is 0.223 e. The highest BCUT2D eigenvalue weighted by Crippen LogP contribution is 2.49. The number of hydrogen-bond donors (Lipinski definition) is 1. The summed E-state index contributed by atoms with van der Waals surface area (Å²) >= 11 is 0. The summed E-state index contributed by atoms with van der Waals surface area (Å²) < 4.78 is 41.1. The minimum atomic E-state index is -0.520. The SMILES string of the molecule is C[C@@H](CN(C)C)Oc1nc2c(F)c(-c3cccc4ccc(F)cc34)c(CCC#N)cc2c2c1cc(CN1CCCC1=O)n2[C@H]1[C@H]2CN[C@@H]1C2. The van der Waals surface area contributed by atoms with Crippen molar-refractivity contribution < 1.29 is 18.3 Å². The number of halogens is 2. The summed E-state index contributed by atoms with van der Waals surface area (Å²) in [5.41, 5.74) is 3.55. The van der Waals surface area contributed by atoms with Gasteiger partial charge in [-0.05, 0) is 92.4 Å². The van der Waals surface area contributed by atoms with Crippen molar-refractivity contribution >= 4 is 38.5 Å². The van der Waals surface area contributed by atoms with Crippen molar-refractivity contribution in [2.45, 2.75) is 63.8 Å². The van der Waals surface area contributed by atoms with E-state index in [1.807, 2.05) is 55.1 Å². The minimum Gasteiger partial charge on any atom is -0.473 e. The Hall–Kier alpha value is -4.59. The number of ether oxygens (including phenoxy) is 1. The predicted molar refractivity (Wildman–Crippen MR) is 186 cm³/mol. The van der Waals surface area contributed by atoms with Gasteiger partial charge >= 0.3 is 0 Å². The minimum absolute atomic E-state index is 0.145. The first-order valence-electron chi connectivity index (χ1n) is 17.3. The Morgan fingerprint density at radius 1 is 1.14 bits per heavy atom. The van der Waals surface area contributed by atoms with Gasteiger partial charge in [0.05, 0.1) is 29.6 Å². The molecule has 10 heteroatoms. The Bertz CT molecular complexity index is 2160. The number of amides is 1. The molecule has 1 saturated carbocycles. The van der Waals surface area contributed by atoms with Crippen molar-refractivity contribution in [2.24, 2.45) is 5.92 Å². The molecule has 0 spiro atoms. The molecule has 49 heavy (non-hydrogen) atoms. The second kappa shape index (κ2) is 12.4. The zero-order valence-electron chi connectivity index (χ0n) is 28.1. The summed E-state index contributed by atoms with van der Waals surface area (Å²) in [5.74, 6) is -0.0142. The molecular weight excluding hydrogens is 622 g/mol. The summed E-state index contributed by atoms with van der Waals surface area (Å²) in [4.78, 5) is 21.8. The Kier molecular flexibility index (Phi) is 8.00. The van der Waals surface area contributed by atoms with Crippen LogP contribution in [0.25, 0.3) is 43.7 Å². The van der Waals surface area contributed by atoms with Crippen LogP contribution in [0.5, 0.6) is 5.88 Å². The number of nitrogens with zero attached hydrogens (tertiary/aromatic N) is 5. The van der Waals surface area contributed by atoms with Gasteiger partial charge in [-0.3, -0.25) is 4.79 Å². The summed E-state index contributed by atoms with van der Waals surface area (Å²) in [7, 11) is 3.96. The third-order valence-electron chi connectivity index (χ3n) is 10.6. The van der Waals surface area contributed by atoms with E-state index < -0.39 is 11.6 Å². The molecule has 0 unspecified atom stereocenters. The van der Waals surface area contributed by atoms with Crippen LogP contribution in [0.4, 0.5) is 8.78 Å². The van der Waals surface area contributed by atoms with E-state index in [9.17, 15) is 14.4 Å². The fourth-order valence-corrected chi connectivity index (χ4v) is 8.50. The van der Waals surface area contributed by atoms with Gasteiger partial charge in [0.25, 0.3) is 0 Å². The standard InChI is InChI=1S/C39H40F2N6O2/c1-22(20-45(2)3)49-39-31-18-27(21-46-14-6-10-33(46)48)47(37-25-16-32(37)43-19-25)38(31)30-15-24(8-5-13-42)34(35(41)36(30)44-39)28-9-4-7-23-11-12-26(40)17-29(23)28/h4,7,9,11-12,15,17-18,22,25,32,37,43H,5-6,8,10,14,16,19-21H2,1-3H3/t22-,25+,32+,37-/m0/s1. The predicted octanol–water partition coefficient (Wildman–Crippen LogP) is 6.73. The van der Waals surface area contributed by atoms with Crippen molar-refractivity contribution in [1.82, 2.24) is 24.7 Å². The number of carbonyl (C=O) groups excluding carboxylic acids is 1. The number of likely N-dealkylation sites (N-methyl/N-ethyl adjacent to an activating group) is 1. The lowest BCUT2D eigenvalue weighted by Gasteiger charge is -2.38. The number of aromatic nitrogens is 2. The van der Waals surface area contributed by atoms with Crippen LogP contribution in [-0.2, 0) is 17.8 Å². The van der Waals surface area contributed by atoms with Crippen molar-refractivity contribution in [3.8, 4) is 23.1 Å². The van der Waals surface area contributed by atoms with Crippen LogP contribution >= 0.6 is 0 Å². The van der Waals surface area contributed by atoms with Crippen molar-refractivity contribution in [3.05, 3.63) is 71.4 Å². The van der Waals surface area contributed by atoms with Crippen molar-refractivity contribution in [3.63, 3.8) is 0 Å². The highest BCUT2D eigenvalue weighted by Gasteiger charge is 2.49. The fourth-order valence-electron chi connectivity index (χ4n) is 8.50. The van der Waals surface area contributed by atoms with Gasteiger partial charge < -0.3 is 24.4 Å². The average Bonchev–Trinajstić information content (AvgIpc) is 3.87. The number of nitriles is 1. The molecule has 252 valence electrons. The van der Waals surface area contributed by atoms with E-state index in [1.165, 1.54) is 12.1 Å². The molecule has 5 aromatic rings. The van der Waals surface area contributed by atoms with E-state index in [0.29, 0.717) is 71.7 Å². The molecule has 1 aliphatic carbocycles. The third-order valence-corrected chi connectivity index (χ3v) is 10.6. The molecule has 4 atom stereocenters. The maximum atomic E-state index is 17.5. The lowest BCUT2D eigenvalue weighted by atomic mass is 9.79. The molecule has 3 saturated heterocycles. The van der Waals surface area contributed by atoms with Crippen LogP contribution in [0.15, 0.2) is 48.5 Å². The number of likely N-dealkylation sites (tertiary alicyclic amines) is 1. The molecule has 1 N–H and O–H groups in total. The van der Waals surface area contributed by atoms with E-state index in [-0.39, 0.29) is 36.0 Å². The van der Waals surface area contributed by atoms with Gasteiger partial charge in [0.1, 0.15) is 17.4 Å². The van der Waals surface area contributed by atoms with E-state index in [4.69, 9.17) is 9.72 Å².